The van der Waals surface area contributed by atoms with Crippen molar-refractivity contribution in [1.29, 1.82) is 10.5 Å². The molecule has 1 fully saturated rings. The molecule has 0 radical (unpaired) electrons. The van der Waals surface area contributed by atoms with E-state index in [1.54, 1.807) is 0 Å². The van der Waals surface area contributed by atoms with Crippen LogP contribution in [-0.4, -0.2) is 0 Å². The van der Waals surface area contributed by atoms with Crippen molar-refractivity contribution >= 4 is 0 Å². The van der Waals surface area contributed by atoms with Gasteiger partial charge in [0, 0.05) is 17.3 Å². The van der Waals surface area contributed by atoms with Crippen LogP contribution in [0.5, 0.6) is 0 Å². The van der Waals surface area contributed by atoms with Gasteiger partial charge in [0.2, 0.25) is 0 Å². The van der Waals surface area contributed by atoms with Crippen LogP contribution in [0.4, 0.5) is 0 Å². The molecule has 0 saturated heterocycles. The van der Waals surface area contributed by atoms with Crippen LogP contribution >= 0.6 is 0 Å². The lowest BCUT2D eigenvalue weighted by molar-refractivity contribution is 0.303. The van der Waals surface area contributed by atoms with Crippen LogP contribution in [0.3, 0.4) is 0 Å². The smallest absolute Gasteiger partial charge is 0.0972 e. The van der Waals surface area contributed by atoms with Crippen molar-refractivity contribution in [3.63, 3.8) is 0 Å². The van der Waals surface area contributed by atoms with E-state index < -0.39 is 0 Å². The molecule has 2 rings (SSSR count). The lowest BCUT2D eigenvalue weighted by atomic mass is 9.71. The molecule has 1 aliphatic heterocycles. The average molecular weight is 241 g/mol. The Balaban J connectivity index is 2.40. The monoisotopic (exact) mass is 241 g/mol. The molecule has 2 aliphatic rings. The predicted molar refractivity (Wildman–Crippen MR) is 69.8 cm³/mol. The Morgan fingerprint density at radius 1 is 0.944 bits per heavy atom. The van der Waals surface area contributed by atoms with E-state index in [0.717, 1.165) is 35.4 Å². The van der Waals surface area contributed by atoms with Gasteiger partial charge in [0.1, 0.15) is 0 Å². The molecule has 0 amide bonds. The third kappa shape index (κ3) is 2.14. The van der Waals surface area contributed by atoms with Gasteiger partial charge in [-0.1, -0.05) is 19.3 Å². The molecule has 1 N–H and O–H groups in total. The second-order valence-corrected chi connectivity index (χ2v) is 5.30. The summed E-state index contributed by atoms with van der Waals surface area (Å²) in [5.74, 6) is 0.497. The molecule has 0 bridgehead atoms. The van der Waals surface area contributed by atoms with Gasteiger partial charge in [0.15, 0.2) is 0 Å². The van der Waals surface area contributed by atoms with Crippen LogP contribution in [-0.2, 0) is 0 Å². The molecule has 0 aromatic rings. The molecule has 1 heterocycles. The Labute approximate surface area is 109 Å². The molecular formula is C15H19N3. The molecule has 0 unspecified atom stereocenters. The minimum absolute atomic E-state index is 0.0292. The van der Waals surface area contributed by atoms with Gasteiger partial charge in [-0.3, -0.25) is 0 Å². The van der Waals surface area contributed by atoms with Gasteiger partial charge in [0.25, 0.3) is 0 Å². The molecule has 3 nitrogen and oxygen atoms in total. The Hall–Kier alpha value is -1.74. The molecule has 1 aliphatic carbocycles. The van der Waals surface area contributed by atoms with E-state index in [1.165, 1.54) is 19.3 Å². The summed E-state index contributed by atoms with van der Waals surface area (Å²) in [4.78, 5) is 0. The van der Waals surface area contributed by atoms with Crippen molar-refractivity contribution in [2.75, 3.05) is 0 Å². The fourth-order valence-electron chi connectivity index (χ4n) is 3.27. The lowest BCUT2D eigenvalue weighted by Gasteiger charge is -2.34. The van der Waals surface area contributed by atoms with Gasteiger partial charge in [-0.25, -0.2) is 0 Å². The van der Waals surface area contributed by atoms with E-state index in [2.05, 4.69) is 17.5 Å². The van der Waals surface area contributed by atoms with E-state index in [-0.39, 0.29) is 5.92 Å². The molecule has 0 aromatic heterocycles. The number of nitriles is 2. The molecule has 3 heteroatoms. The zero-order valence-electron chi connectivity index (χ0n) is 11.1. The minimum Gasteiger partial charge on any atom is -0.361 e. The van der Waals surface area contributed by atoms with Crippen molar-refractivity contribution in [2.24, 2.45) is 11.8 Å². The third-order valence-electron chi connectivity index (χ3n) is 4.17. The summed E-state index contributed by atoms with van der Waals surface area (Å²) >= 11 is 0. The number of hydrogen-bond acceptors (Lipinski definition) is 3. The number of nitrogens with one attached hydrogen (secondary N) is 1. The molecule has 0 aromatic carbocycles. The van der Waals surface area contributed by atoms with Crippen LogP contribution in [0.25, 0.3) is 0 Å². The van der Waals surface area contributed by atoms with Gasteiger partial charge in [0.05, 0.1) is 23.3 Å². The predicted octanol–water partition coefficient (Wildman–Crippen LogP) is 3.38. The summed E-state index contributed by atoms with van der Waals surface area (Å²) in [5, 5.41) is 21.9. The number of hydrogen-bond donors (Lipinski definition) is 1. The topological polar surface area (TPSA) is 59.6 Å². The van der Waals surface area contributed by atoms with E-state index in [9.17, 15) is 10.5 Å². The van der Waals surface area contributed by atoms with E-state index in [4.69, 9.17) is 0 Å². The molecule has 0 spiro atoms. The summed E-state index contributed by atoms with van der Waals surface area (Å²) in [6, 6.07) is 4.64. The van der Waals surface area contributed by atoms with E-state index in [1.807, 2.05) is 13.8 Å². The molecular weight excluding hydrogens is 222 g/mol. The number of dihydropyridines is 1. The van der Waals surface area contributed by atoms with Crippen molar-refractivity contribution in [2.45, 2.75) is 46.0 Å². The van der Waals surface area contributed by atoms with Crippen molar-refractivity contribution in [3.05, 3.63) is 22.5 Å². The minimum atomic E-state index is 0.0292. The maximum Gasteiger partial charge on any atom is 0.0972 e. The summed E-state index contributed by atoms with van der Waals surface area (Å²) < 4.78 is 0. The van der Waals surface area contributed by atoms with Gasteiger partial charge in [-0.05, 0) is 32.6 Å². The van der Waals surface area contributed by atoms with E-state index >= 15 is 0 Å². The number of rotatable bonds is 1. The Kier molecular flexibility index (Phi) is 3.72. The van der Waals surface area contributed by atoms with Crippen molar-refractivity contribution < 1.29 is 0 Å². The Morgan fingerprint density at radius 3 is 1.89 bits per heavy atom. The normalized spacial score (nSPS) is 22.4. The van der Waals surface area contributed by atoms with Gasteiger partial charge < -0.3 is 5.32 Å². The first-order chi connectivity index (χ1) is 8.69. The number of nitrogens with zero attached hydrogens (tertiary/aromatic N) is 2. The summed E-state index contributed by atoms with van der Waals surface area (Å²) in [7, 11) is 0. The SMILES string of the molecule is CC1=C(C#N)C(C2CCCCC2)C(C#N)=C(C)N1. The third-order valence-corrected chi connectivity index (χ3v) is 4.17. The van der Waals surface area contributed by atoms with Crippen molar-refractivity contribution in [1.82, 2.24) is 5.32 Å². The van der Waals surface area contributed by atoms with Crippen LogP contribution < -0.4 is 5.32 Å². The first-order valence-corrected chi connectivity index (χ1v) is 6.67. The quantitative estimate of drug-likeness (QED) is 0.765. The summed E-state index contributed by atoms with van der Waals surface area (Å²) in [6.07, 6.45) is 6.02. The standard InChI is InChI=1S/C15H19N3/c1-10-13(8-16)15(12-6-4-3-5-7-12)14(9-17)11(2)18-10/h12,15,18H,3-7H2,1-2H3. The Bertz CT molecular complexity index is 443. The highest BCUT2D eigenvalue weighted by molar-refractivity contribution is 5.47. The van der Waals surface area contributed by atoms with Crippen LogP contribution in [0.2, 0.25) is 0 Å². The van der Waals surface area contributed by atoms with Crippen molar-refractivity contribution in [3.8, 4) is 12.1 Å². The first kappa shape index (κ1) is 12.7. The van der Waals surface area contributed by atoms with Crippen LogP contribution in [0.1, 0.15) is 46.0 Å². The van der Waals surface area contributed by atoms with Crippen LogP contribution in [0.15, 0.2) is 22.5 Å². The summed E-state index contributed by atoms with van der Waals surface area (Å²) in [6.45, 7) is 3.87. The van der Waals surface area contributed by atoms with Gasteiger partial charge in [-0.2, -0.15) is 10.5 Å². The Morgan fingerprint density at radius 2 is 1.44 bits per heavy atom. The second kappa shape index (κ2) is 5.27. The molecule has 1 saturated carbocycles. The average Bonchev–Trinajstić information content (AvgIpc) is 2.39. The zero-order valence-corrected chi connectivity index (χ0v) is 11.1. The van der Waals surface area contributed by atoms with E-state index in [0.29, 0.717) is 5.92 Å². The summed E-state index contributed by atoms with van der Waals surface area (Å²) in [5.41, 5.74) is 3.38. The highest BCUT2D eigenvalue weighted by Crippen LogP contribution is 2.41. The fraction of sp³-hybridized carbons (Fsp3) is 0.600. The maximum atomic E-state index is 9.38. The zero-order chi connectivity index (χ0) is 13.1. The maximum absolute atomic E-state index is 9.38. The van der Waals surface area contributed by atoms with Crippen LogP contribution in [0, 0.1) is 34.5 Å². The highest BCUT2D eigenvalue weighted by atomic mass is 14.9. The van der Waals surface area contributed by atoms with Gasteiger partial charge in [-0.15, -0.1) is 0 Å². The molecule has 18 heavy (non-hydrogen) atoms. The highest BCUT2D eigenvalue weighted by Gasteiger charge is 2.34. The molecule has 0 atom stereocenters. The first-order valence-electron chi connectivity index (χ1n) is 6.67. The molecule has 94 valence electrons. The second-order valence-electron chi connectivity index (χ2n) is 5.30. The van der Waals surface area contributed by atoms with Gasteiger partial charge >= 0.3 is 0 Å². The number of allylic oxidation sites excluding steroid dienone is 4. The largest absolute Gasteiger partial charge is 0.361 e. The lowest BCUT2D eigenvalue weighted by Crippen LogP contribution is -2.30. The fourth-order valence-corrected chi connectivity index (χ4v) is 3.27.